The van der Waals surface area contributed by atoms with E-state index < -0.39 is 7.12 Å². The molecule has 0 atom stereocenters. The summed E-state index contributed by atoms with van der Waals surface area (Å²) in [6.07, 6.45) is 0. The molecule has 142 valence electrons. The smallest absolute Gasteiger partial charge is 0.423 e. The van der Waals surface area contributed by atoms with Gasteiger partial charge in [-0.2, -0.15) is 0 Å². The van der Waals surface area contributed by atoms with Crippen molar-refractivity contribution < 1.29 is 10.0 Å². The van der Waals surface area contributed by atoms with Gasteiger partial charge in [-0.15, -0.1) is 0 Å². The van der Waals surface area contributed by atoms with Crippen LogP contribution in [0.4, 0.5) is 0 Å². The van der Waals surface area contributed by atoms with E-state index in [1.807, 2.05) is 24.3 Å². The average molecular weight is 387 g/mol. The summed E-state index contributed by atoms with van der Waals surface area (Å²) in [6.45, 7) is 0. The second-order valence-corrected chi connectivity index (χ2v) is 7.69. The number of benzene rings is 5. The molecule has 30 heavy (non-hydrogen) atoms. The number of fused-ring (bicyclic) bond motifs is 6. The van der Waals surface area contributed by atoms with E-state index >= 15 is 0 Å². The molecule has 3 nitrogen and oxygen atoms in total. The molecule has 0 spiro atoms. The van der Waals surface area contributed by atoms with E-state index in [0.717, 1.165) is 27.5 Å². The predicted octanol–water partition coefficient (Wildman–Crippen LogP) is 4.77. The third-order valence-electron chi connectivity index (χ3n) is 5.98. The van der Waals surface area contributed by atoms with Crippen LogP contribution in [0.2, 0.25) is 0 Å². The summed E-state index contributed by atoms with van der Waals surface area (Å²) in [4.78, 5) is 0. The van der Waals surface area contributed by atoms with Crippen molar-refractivity contribution in [2.75, 3.05) is 0 Å². The Morgan fingerprint density at radius 3 is 2.10 bits per heavy atom. The van der Waals surface area contributed by atoms with Crippen LogP contribution in [0.25, 0.3) is 49.0 Å². The van der Waals surface area contributed by atoms with Gasteiger partial charge in [-0.05, 0) is 51.3 Å². The van der Waals surface area contributed by atoms with E-state index in [4.69, 9.17) is 0 Å². The minimum atomic E-state index is -1.48. The molecule has 1 heterocycles. The van der Waals surface area contributed by atoms with Crippen molar-refractivity contribution in [3.8, 4) is 5.69 Å². The maximum atomic E-state index is 9.63. The highest BCUT2D eigenvalue weighted by Gasteiger charge is 2.16. The van der Waals surface area contributed by atoms with E-state index in [1.165, 1.54) is 21.5 Å². The Morgan fingerprint density at radius 2 is 1.23 bits per heavy atom. The van der Waals surface area contributed by atoms with E-state index in [1.54, 1.807) is 6.07 Å². The molecule has 0 fully saturated rings. The van der Waals surface area contributed by atoms with Gasteiger partial charge in [0.1, 0.15) is 0 Å². The Balaban J connectivity index is 1.67. The number of rotatable bonds is 2. The number of aromatic nitrogens is 1. The van der Waals surface area contributed by atoms with Crippen LogP contribution in [0, 0.1) is 0 Å². The minimum absolute atomic E-state index is 0.496. The van der Waals surface area contributed by atoms with Gasteiger partial charge in [0, 0.05) is 16.5 Å². The first-order chi connectivity index (χ1) is 14.7. The SMILES string of the molecule is OB(O)c1ccc2c(c1)c1ccccc1n2-c1ccc2c(ccc3ccccc32)c1. The van der Waals surface area contributed by atoms with Crippen molar-refractivity contribution in [3.05, 3.63) is 97.1 Å². The van der Waals surface area contributed by atoms with E-state index in [0.29, 0.717) is 5.46 Å². The minimum Gasteiger partial charge on any atom is -0.423 e. The van der Waals surface area contributed by atoms with Crippen molar-refractivity contribution >= 4 is 55.9 Å². The molecule has 0 aliphatic carbocycles. The molecule has 0 saturated carbocycles. The fourth-order valence-corrected chi connectivity index (χ4v) is 4.57. The summed E-state index contributed by atoms with van der Waals surface area (Å²) in [6, 6.07) is 33.2. The predicted molar refractivity (Wildman–Crippen MR) is 126 cm³/mol. The van der Waals surface area contributed by atoms with Crippen molar-refractivity contribution in [2.45, 2.75) is 0 Å². The van der Waals surface area contributed by atoms with E-state index in [2.05, 4.69) is 71.3 Å². The summed E-state index contributed by atoms with van der Waals surface area (Å²) in [5.41, 5.74) is 3.72. The number of para-hydroxylation sites is 1. The van der Waals surface area contributed by atoms with Gasteiger partial charge in [-0.25, -0.2) is 0 Å². The molecule has 0 amide bonds. The van der Waals surface area contributed by atoms with Crippen molar-refractivity contribution in [3.63, 3.8) is 0 Å². The molecule has 0 radical (unpaired) electrons. The molecule has 2 N–H and O–H groups in total. The van der Waals surface area contributed by atoms with Gasteiger partial charge in [0.25, 0.3) is 0 Å². The van der Waals surface area contributed by atoms with Crippen LogP contribution < -0.4 is 5.46 Å². The Kier molecular flexibility index (Phi) is 3.72. The molecule has 4 heteroatoms. The molecule has 0 aliphatic heterocycles. The standard InChI is InChI=1S/C26H18BNO2/c29-27(30)19-11-14-26-24(16-19)23-7-3-4-8-25(23)28(26)20-12-13-22-18(15-20)10-9-17-5-1-2-6-21(17)22/h1-16,29-30H. The molecular formula is C26H18BNO2. The number of nitrogens with zero attached hydrogens (tertiary/aromatic N) is 1. The summed E-state index contributed by atoms with van der Waals surface area (Å²) < 4.78 is 2.24. The molecular weight excluding hydrogens is 369 g/mol. The molecule has 0 saturated heterocycles. The van der Waals surface area contributed by atoms with Crippen LogP contribution in [-0.4, -0.2) is 21.7 Å². The third-order valence-corrected chi connectivity index (χ3v) is 5.98. The van der Waals surface area contributed by atoms with Crippen molar-refractivity contribution in [1.29, 1.82) is 0 Å². The second-order valence-electron chi connectivity index (χ2n) is 7.69. The van der Waals surface area contributed by atoms with Gasteiger partial charge in [-0.1, -0.05) is 72.8 Å². The largest absolute Gasteiger partial charge is 0.488 e. The lowest BCUT2D eigenvalue weighted by atomic mass is 9.80. The third kappa shape index (κ3) is 2.48. The fraction of sp³-hybridized carbons (Fsp3) is 0. The fourth-order valence-electron chi connectivity index (χ4n) is 4.57. The summed E-state index contributed by atoms with van der Waals surface area (Å²) in [7, 11) is -1.48. The number of hydrogen-bond donors (Lipinski definition) is 2. The highest BCUT2D eigenvalue weighted by Crippen LogP contribution is 2.33. The zero-order valence-corrected chi connectivity index (χ0v) is 16.2. The first kappa shape index (κ1) is 17.3. The highest BCUT2D eigenvalue weighted by atomic mass is 16.4. The summed E-state index contributed by atoms with van der Waals surface area (Å²) in [5, 5.41) is 26.3. The Labute approximate surface area is 173 Å². The Morgan fingerprint density at radius 1 is 0.533 bits per heavy atom. The lowest BCUT2D eigenvalue weighted by Crippen LogP contribution is -2.29. The molecule has 6 rings (SSSR count). The van der Waals surface area contributed by atoms with E-state index in [-0.39, 0.29) is 0 Å². The molecule has 0 unspecified atom stereocenters. The quantitative estimate of drug-likeness (QED) is 0.332. The summed E-state index contributed by atoms with van der Waals surface area (Å²) in [5.74, 6) is 0. The Hall–Kier alpha value is -3.60. The van der Waals surface area contributed by atoms with Gasteiger partial charge >= 0.3 is 7.12 Å². The van der Waals surface area contributed by atoms with Gasteiger partial charge in [0.2, 0.25) is 0 Å². The van der Waals surface area contributed by atoms with Crippen LogP contribution in [0.15, 0.2) is 97.1 Å². The topological polar surface area (TPSA) is 45.4 Å². The molecule has 0 aliphatic rings. The van der Waals surface area contributed by atoms with Gasteiger partial charge in [-0.3, -0.25) is 0 Å². The number of hydrogen-bond acceptors (Lipinski definition) is 2. The lowest BCUT2D eigenvalue weighted by Gasteiger charge is -2.11. The molecule has 6 aromatic rings. The van der Waals surface area contributed by atoms with Crippen molar-refractivity contribution in [2.24, 2.45) is 0 Å². The average Bonchev–Trinajstić information content (AvgIpc) is 3.12. The maximum Gasteiger partial charge on any atom is 0.488 e. The molecule has 0 bridgehead atoms. The highest BCUT2D eigenvalue weighted by molar-refractivity contribution is 6.59. The van der Waals surface area contributed by atoms with Crippen LogP contribution in [0.3, 0.4) is 0 Å². The zero-order chi connectivity index (χ0) is 20.2. The first-order valence-corrected chi connectivity index (χ1v) is 10.0. The first-order valence-electron chi connectivity index (χ1n) is 10.0. The van der Waals surface area contributed by atoms with E-state index in [9.17, 15) is 10.0 Å². The van der Waals surface area contributed by atoms with Crippen molar-refractivity contribution in [1.82, 2.24) is 4.57 Å². The van der Waals surface area contributed by atoms with Gasteiger partial charge in [0.15, 0.2) is 0 Å². The lowest BCUT2D eigenvalue weighted by molar-refractivity contribution is 0.426. The zero-order valence-electron chi connectivity index (χ0n) is 16.2. The van der Waals surface area contributed by atoms with Gasteiger partial charge < -0.3 is 14.6 Å². The monoisotopic (exact) mass is 387 g/mol. The molecule has 1 aromatic heterocycles. The van der Waals surface area contributed by atoms with Crippen LogP contribution >= 0.6 is 0 Å². The van der Waals surface area contributed by atoms with Crippen LogP contribution in [-0.2, 0) is 0 Å². The molecule has 5 aromatic carbocycles. The van der Waals surface area contributed by atoms with Crippen LogP contribution in [0.5, 0.6) is 0 Å². The van der Waals surface area contributed by atoms with Crippen LogP contribution in [0.1, 0.15) is 0 Å². The maximum absolute atomic E-state index is 9.63. The second kappa shape index (κ2) is 6.46. The van der Waals surface area contributed by atoms with Gasteiger partial charge in [0.05, 0.1) is 11.0 Å². The Bertz CT molecular complexity index is 1580. The summed E-state index contributed by atoms with van der Waals surface area (Å²) >= 11 is 0. The normalized spacial score (nSPS) is 11.7.